The van der Waals surface area contributed by atoms with E-state index >= 15 is 0 Å². The summed E-state index contributed by atoms with van der Waals surface area (Å²) in [5.74, 6) is 0.112. The molecule has 1 aromatic carbocycles. The number of benzene rings is 1. The van der Waals surface area contributed by atoms with E-state index in [4.69, 9.17) is 0 Å². The van der Waals surface area contributed by atoms with Gasteiger partial charge in [-0.1, -0.05) is 19.9 Å². The predicted molar refractivity (Wildman–Crippen MR) is 77.3 cm³/mol. The fraction of sp³-hybridized carbons (Fsp3) is 0.500. The molecule has 1 aromatic rings. The fourth-order valence-corrected chi connectivity index (χ4v) is 3.02. The van der Waals surface area contributed by atoms with Crippen LogP contribution in [-0.4, -0.2) is 26.4 Å². The molecule has 8 heteroatoms. The van der Waals surface area contributed by atoms with Gasteiger partial charge in [0.15, 0.2) is 4.90 Å². The lowest BCUT2D eigenvalue weighted by molar-refractivity contribution is -0.386. The summed E-state index contributed by atoms with van der Waals surface area (Å²) in [6, 6.07) is 4.21. The lowest BCUT2D eigenvalue weighted by atomic mass is 10.2. The standard InChI is InChI=1S/C12H19N3O4S/c1-4-13-10-6-5-7-11(12(10)15(16)17)20(18,19)14-8-9(2)3/h5-7,9,13-14H,4,8H2,1-3H3. The van der Waals surface area contributed by atoms with Crippen molar-refractivity contribution in [3.63, 3.8) is 0 Å². The number of hydrogen-bond donors (Lipinski definition) is 2. The Morgan fingerprint density at radius 1 is 1.35 bits per heavy atom. The molecule has 0 saturated carbocycles. The molecule has 1 rings (SSSR count). The van der Waals surface area contributed by atoms with Crippen LogP contribution in [0.25, 0.3) is 0 Å². The van der Waals surface area contributed by atoms with E-state index in [1.165, 1.54) is 18.2 Å². The Morgan fingerprint density at radius 3 is 2.50 bits per heavy atom. The van der Waals surface area contributed by atoms with Crippen LogP contribution >= 0.6 is 0 Å². The number of hydrogen-bond acceptors (Lipinski definition) is 5. The highest BCUT2D eigenvalue weighted by Gasteiger charge is 2.28. The molecule has 0 spiro atoms. The lowest BCUT2D eigenvalue weighted by Gasteiger charge is -2.11. The Labute approximate surface area is 118 Å². The maximum atomic E-state index is 12.2. The minimum atomic E-state index is -3.90. The zero-order valence-electron chi connectivity index (χ0n) is 11.7. The molecule has 0 unspecified atom stereocenters. The summed E-state index contributed by atoms with van der Waals surface area (Å²) in [4.78, 5) is 10.2. The zero-order chi connectivity index (χ0) is 15.3. The van der Waals surface area contributed by atoms with Gasteiger partial charge in [0.2, 0.25) is 10.0 Å². The summed E-state index contributed by atoms with van der Waals surface area (Å²) < 4.78 is 26.7. The number of para-hydroxylation sites is 1. The van der Waals surface area contributed by atoms with Crippen LogP contribution in [0.2, 0.25) is 0 Å². The van der Waals surface area contributed by atoms with Crippen molar-refractivity contribution in [1.29, 1.82) is 0 Å². The molecule has 7 nitrogen and oxygen atoms in total. The summed E-state index contributed by atoms with van der Waals surface area (Å²) in [6.07, 6.45) is 0. The third-order valence-corrected chi connectivity index (χ3v) is 3.98. The third-order valence-electron chi connectivity index (χ3n) is 2.52. The quantitative estimate of drug-likeness (QED) is 0.592. The van der Waals surface area contributed by atoms with Crippen LogP contribution in [0.4, 0.5) is 11.4 Å². The van der Waals surface area contributed by atoms with Crippen LogP contribution in [0.5, 0.6) is 0 Å². The molecule has 0 atom stereocenters. The average Bonchev–Trinajstić information content (AvgIpc) is 2.36. The van der Waals surface area contributed by atoms with Gasteiger partial charge in [0.25, 0.3) is 0 Å². The first-order chi connectivity index (χ1) is 9.29. The Hall–Kier alpha value is -1.67. The first kappa shape index (κ1) is 16.4. The molecular formula is C12H19N3O4S. The van der Waals surface area contributed by atoms with E-state index in [-0.39, 0.29) is 23.0 Å². The molecule has 20 heavy (non-hydrogen) atoms. The summed E-state index contributed by atoms with van der Waals surface area (Å²) in [6.45, 7) is 6.18. The maximum Gasteiger partial charge on any atom is 0.312 e. The molecule has 112 valence electrons. The molecule has 0 bridgehead atoms. The van der Waals surface area contributed by atoms with Crippen molar-refractivity contribution in [1.82, 2.24) is 4.72 Å². The summed E-state index contributed by atoms with van der Waals surface area (Å²) in [5, 5.41) is 14.0. The number of nitro groups is 1. The van der Waals surface area contributed by atoms with E-state index in [1.54, 1.807) is 6.92 Å². The fourth-order valence-electron chi connectivity index (χ4n) is 1.61. The van der Waals surface area contributed by atoms with Gasteiger partial charge in [-0.2, -0.15) is 0 Å². The molecule has 2 N–H and O–H groups in total. The number of nitro benzene ring substituents is 1. The van der Waals surface area contributed by atoms with Crippen molar-refractivity contribution >= 4 is 21.4 Å². The van der Waals surface area contributed by atoms with Crippen LogP contribution in [0, 0.1) is 16.0 Å². The van der Waals surface area contributed by atoms with E-state index in [0.717, 1.165) is 0 Å². The molecule has 0 amide bonds. The number of sulfonamides is 1. The van der Waals surface area contributed by atoms with Gasteiger partial charge < -0.3 is 5.32 Å². The summed E-state index contributed by atoms with van der Waals surface area (Å²) >= 11 is 0. The third kappa shape index (κ3) is 3.91. The summed E-state index contributed by atoms with van der Waals surface area (Å²) in [7, 11) is -3.90. The highest BCUT2D eigenvalue weighted by atomic mass is 32.2. The van der Waals surface area contributed by atoms with Crippen molar-refractivity contribution in [2.75, 3.05) is 18.4 Å². The van der Waals surface area contributed by atoms with Crippen molar-refractivity contribution in [3.8, 4) is 0 Å². The van der Waals surface area contributed by atoms with Crippen molar-refractivity contribution < 1.29 is 13.3 Å². The normalized spacial score (nSPS) is 11.6. The van der Waals surface area contributed by atoms with Crippen LogP contribution in [0.1, 0.15) is 20.8 Å². The molecule has 0 saturated heterocycles. The van der Waals surface area contributed by atoms with Gasteiger partial charge in [0, 0.05) is 13.1 Å². The molecule has 0 aliphatic rings. The number of nitrogens with zero attached hydrogens (tertiary/aromatic N) is 1. The van der Waals surface area contributed by atoms with Crippen molar-refractivity contribution in [3.05, 3.63) is 28.3 Å². The van der Waals surface area contributed by atoms with Crippen LogP contribution in [0.3, 0.4) is 0 Å². The number of nitrogens with one attached hydrogen (secondary N) is 2. The van der Waals surface area contributed by atoms with E-state index in [2.05, 4.69) is 10.0 Å². The highest BCUT2D eigenvalue weighted by Crippen LogP contribution is 2.31. The number of rotatable bonds is 7. The molecule has 0 aliphatic carbocycles. The molecule has 0 radical (unpaired) electrons. The van der Waals surface area contributed by atoms with Crippen LogP contribution in [-0.2, 0) is 10.0 Å². The van der Waals surface area contributed by atoms with Crippen molar-refractivity contribution in [2.24, 2.45) is 5.92 Å². The largest absolute Gasteiger partial charge is 0.380 e. The Morgan fingerprint density at radius 2 is 2.00 bits per heavy atom. The van der Waals surface area contributed by atoms with Gasteiger partial charge in [0.1, 0.15) is 5.69 Å². The Bertz CT molecular complexity index is 584. The maximum absolute atomic E-state index is 12.2. The van der Waals surface area contributed by atoms with Gasteiger partial charge in [-0.15, -0.1) is 0 Å². The first-order valence-corrected chi connectivity index (χ1v) is 7.78. The minimum Gasteiger partial charge on any atom is -0.380 e. The highest BCUT2D eigenvalue weighted by molar-refractivity contribution is 7.89. The van der Waals surface area contributed by atoms with E-state index < -0.39 is 20.6 Å². The molecular weight excluding hydrogens is 282 g/mol. The van der Waals surface area contributed by atoms with Crippen molar-refractivity contribution in [2.45, 2.75) is 25.7 Å². The average molecular weight is 301 g/mol. The Balaban J connectivity index is 3.30. The zero-order valence-corrected chi connectivity index (χ0v) is 12.5. The summed E-state index contributed by atoms with van der Waals surface area (Å²) in [5.41, 5.74) is -0.226. The first-order valence-electron chi connectivity index (χ1n) is 6.30. The van der Waals surface area contributed by atoms with Crippen LogP contribution in [0.15, 0.2) is 23.1 Å². The van der Waals surface area contributed by atoms with E-state index in [0.29, 0.717) is 6.54 Å². The van der Waals surface area contributed by atoms with Gasteiger partial charge in [0.05, 0.1) is 4.92 Å². The van der Waals surface area contributed by atoms with Gasteiger partial charge in [-0.05, 0) is 25.0 Å². The Kier molecular flexibility index (Phi) is 5.46. The molecule has 0 fully saturated rings. The van der Waals surface area contributed by atoms with Crippen LogP contribution < -0.4 is 10.0 Å². The second-order valence-electron chi connectivity index (χ2n) is 4.69. The van der Waals surface area contributed by atoms with E-state index in [9.17, 15) is 18.5 Å². The predicted octanol–water partition coefficient (Wildman–Crippen LogP) is 1.96. The van der Waals surface area contributed by atoms with Gasteiger partial charge in [-0.3, -0.25) is 10.1 Å². The molecule has 0 heterocycles. The topological polar surface area (TPSA) is 101 Å². The second kappa shape index (κ2) is 6.67. The van der Waals surface area contributed by atoms with Gasteiger partial charge >= 0.3 is 5.69 Å². The van der Waals surface area contributed by atoms with E-state index in [1.807, 2.05) is 13.8 Å². The second-order valence-corrected chi connectivity index (χ2v) is 6.42. The number of anilines is 1. The minimum absolute atomic E-state index is 0.112. The SMILES string of the molecule is CCNc1cccc(S(=O)(=O)NCC(C)C)c1[N+](=O)[O-]. The smallest absolute Gasteiger partial charge is 0.312 e. The molecule has 0 aliphatic heterocycles. The van der Waals surface area contributed by atoms with Gasteiger partial charge in [-0.25, -0.2) is 13.1 Å². The lowest BCUT2D eigenvalue weighted by Crippen LogP contribution is -2.28. The molecule has 0 aromatic heterocycles. The monoisotopic (exact) mass is 301 g/mol.